The third-order valence-electron chi connectivity index (χ3n) is 3.31. The predicted octanol–water partition coefficient (Wildman–Crippen LogP) is 2.73. The summed E-state index contributed by atoms with van der Waals surface area (Å²) in [6.45, 7) is 0.0415. The topological polar surface area (TPSA) is 77.2 Å². The van der Waals surface area contributed by atoms with Crippen molar-refractivity contribution in [2.75, 3.05) is 11.9 Å². The summed E-state index contributed by atoms with van der Waals surface area (Å²) in [5.41, 5.74) is 2.25. The van der Waals surface area contributed by atoms with Crippen LogP contribution in [0.4, 0.5) is 5.69 Å². The first-order valence-electron chi connectivity index (χ1n) is 6.73. The number of ether oxygens (including phenoxy) is 1. The molecule has 0 aliphatic carbocycles. The monoisotopic (exact) mass is 293 g/mol. The number of aromatic nitrogens is 2. The van der Waals surface area contributed by atoms with Gasteiger partial charge in [-0.05, 0) is 30.3 Å². The average Bonchev–Trinajstić information content (AvgIpc) is 3.05. The standard InChI is InChI=1S/C16H11N3O3/c20-15-9-21-13-4-3-10(6-12(13)19-15)14-8-18-16(22-14)11-2-1-5-17-7-11/h1-8H,9H2,(H,19,20). The summed E-state index contributed by atoms with van der Waals surface area (Å²) in [7, 11) is 0. The molecule has 22 heavy (non-hydrogen) atoms. The Hall–Kier alpha value is -3.15. The van der Waals surface area contributed by atoms with Crippen LogP contribution in [0.5, 0.6) is 5.75 Å². The highest BCUT2D eigenvalue weighted by Crippen LogP contribution is 2.33. The second kappa shape index (κ2) is 5.00. The van der Waals surface area contributed by atoms with Crippen LogP contribution in [0, 0.1) is 0 Å². The van der Waals surface area contributed by atoms with E-state index < -0.39 is 0 Å². The van der Waals surface area contributed by atoms with Crippen molar-refractivity contribution in [3.05, 3.63) is 48.9 Å². The van der Waals surface area contributed by atoms with E-state index in [4.69, 9.17) is 9.15 Å². The quantitative estimate of drug-likeness (QED) is 0.786. The van der Waals surface area contributed by atoms with E-state index in [1.54, 1.807) is 30.7 Å². The second-order valence-corrected chi connectivity index (χ2v) is 4.82. The van der Waals surface area contributed by atoms with Gasteiger partial charge in [0.1, 0.15) is 5.75 Å². The van der Waals surface area contributed by atoms with E-state index in [1.807, 2.05) is 18.2 Å². The number of amides is 1. The molecule has 6 heteroatoms. The highest BCUT2D eigenvalue weighted by molar-refractivity contribution is 5.96. The van der Waals surface area contributed by atoms with Crippen LogP contribution in [0.3, 0.4) is 0 Å². The molecule has 1 aliphatic rings. The van der Waals surface area contributed by atoms with E-state index in [1.165, 1.54) is 0 Å². The Morgan fingerprint density at radius 1 is 1.14 bits per heavy atom. The maximum absolute atomic E-state index is 11.4. The largest absolute Gasteiger partial charge is 0.482 e. The third kappa shape index (κ3) is 2.20. The molecule has 3 aromatic rings. The molecule has 2 aromatic heterocycles. The molecule has 0 radical (unpaired) electrons. The van der Waals surface area contributed by atoms with Gasteiger partial charge in [0, 0.05) is 18.0 Å². The molecular weight excluding hydrogens is 282 g/mol. The van der Waals surface area contributed by atoms with Crippen molar-refractivity contribution >= 4 is 11.6 Å². The molecule has 108 valence electrons. The van der Waals surface area contributed by atoms with E-state index in [9.17, 15) is 4.79 Å². The second-order valence-electron chi connectivity index (χ2n) is 4.82. The molecule has 0 bridgehead atoms. The van der Waals surface area contributed by atoms with Crippen molar-refractivity contribution in [1.29, 1.82) is 0 Å². The molecule has 3 heterocycles. The number of fused-ring (bicyclic) bond motifs is 1. The van der Waals surface area contributed by atoms with Crippen LogP contribution in [0.25, 0.3) is 22.8 Å². The van der Waals surface area contributed by atoms with Crippen molar-refractivity contribution in [3.8, 4) is 28.5 Å². The van der Waals surface area contributed by atoms with Crippen LogP contribution in [0.15, 0.2) is 53.3 Å². The van der Waals surface area contributed by atoms with Crippen molar-refractivity contribution in [2.24, 2.45) is 0 Å². The normalized spacial score (nSPS) is 13.2. The van der Waals surface area contributed by atoms with Crippen molar-refractivity contribution < 1.29 is 13.9 Å². The molecule has 0 saturated heterocycles. The Bertz CT molecular complexity index is 843. The van der Waals surface area contributed by atoms with Crippen molar-refractivity contribution in [1.82, 2.24) is 9.97 Å². The van der Waals surface area contributed by atoms with Gasteiger partial charge >= 0.3 is 0 Å². The number of hydrogen-bond donors (Lipinski definition) is 1. The molecule has 0 spiro atoms. The molecule has 6 nitrogen and oxygen atoms in total. The highest BCUT2D eigenvalue weighted by atomic mass is 16.5. The summed E-state index contributed by atoms with van der Waals surface area (Å²) in [6, 6.07) is 9.18. The minimum absolute atomic E-state index is 0.0415. The fraction of sp³-hybridized carbons (Fsp3) is 0.0625. The lowest BCUT2D eigenvalue weighted by Crippen LogP contribution is -2.25. The molecule has 0 saturated carbocycles. The minimum Gasteiger partial charge on any atom is -0.482 e. The van der Waals surface area contributed by atoms with Crippen molar-refractivity contribution in [3.63, 3.8) is 0 Å². The maximum Gasteiger partial charge on any atom is 0.262 e. The van der Waals surface area contributed by atoms with Gasteiger partial charge in [-0.2, -0.15) is 0 Å². The van der Waals surface area contributed by atoms with E-state index in [0.717, 1.165) is 11.1 Å². The van der Waals surface area contributed by atoms with Crippen LogP contribution in [0.2, 0.25) is 0 Å². The summed E-state index contributed by atoms with van der Waals surface area (Å²) in [5.74, 6) is 1.59. The summed E-state index contributed by atoms with van der Waals surface area (Å²) in [6.07, 6.45) is 5.03. The van der Waals surface area contributed by atoms with Gasteiger partial charge in [0.15, 0.2) is 12.4 Å². The summed E-state index contributed by atoms with van der Waals surface area (Å²) < 4.78 is 11.1. The Kier molecular flexibility index (Phi) is 2.86. The van der Waals surface area contributed by atoms with Gasteiger partial charge in [-0.25, -0.2) is 4.98 Å². The Balaban J connectivity index is 1.70. The molecule has 1 N–H and O–H groups in total. The Labute approximate surface area is 125 Å². The molecule has 0 atom stereocenters. The number of oxazole rings is 1. The number of hydrogen-bond acceptors (Lipinski definition) is 5. The molecule has 0 fully saturated rings. The van der Waals surface area contributed by atoms with Gasteiger partial charge in [0.25, 0.3) is 5.91 Å². The molecule has 1 amide bonds. The molecule has 4 rings (SSSR count). The van der Waals surface area contributed by atoms with Crippen LogP contribution in [0.1, 0.15) is 0 Å². The first-order valence-corrected chi connectivity index (χ1v) is 6.73. The zero-order valence-corrected chi connectivity index (χ0v) is 11.4. The van der Waals surface area contributed by atoms with Crippen LogP contribution in [-0.2, 0) is 4.79 Å². The maximum atomic E-state index is 11.4. The van der Waals surface area contributed by atoms with Gasteiger partial charge in [0.2, 0.25) is 5.89 Å². The van der Waals surface area contributed by atoms with E-state index in [0.29, 0.717) is 23.1 Å². The number of nitrogens with one attached hydrogen (secondary N) is 1. The number of rotatable bonds is 2. The number of benzene rings is 1. The van der Waals surface area contributed by atoms with E-state index in [-0.39, 0.29) is 12.5 Å². The highest BCUT2D eigenvalue weighted by Gasteiger charge is 2.17. The number of nitrogens with zero attached hydrogens (tertiary/aromatic N) is 2. The minimum atomic E-state index is -0.168. The van der Waals surface area contributed by atoms with Gasteiger partial charge in [0.05, 0.1) is 17.4 Å². The zero-order chi connectivity index (χ0) is 14.9. The average molecular weight is 293 g/mol. The molecule has 1 aliphatic heterocycles. The van der Waals surface area contributed by atoms with Crippen LogP contribution >= 0.6 is 0 Å². The number of carbonyl (C=O) groups excluding carboxylic acids is 1. The lowest BCUT2D eigenvalue weighted by atomic mass is 10.1. The first-order chi connectivity index (χ1) is 10.8. The molecular formula is C16H11N3O3. The van der Waals surface area contributed by atoms with Gasteiger partial charge in [-0.15, -0.1) is 0 Å². The predicted molar refractivity (Wildman–Crippen MR) is 79.3 cm³/mol. The third-order valence-corrected chi connectivity index (χ3v) is 3.31. The Morgan fingerprint density at radius 2 is 2.09 bits per heavy atom. The van der Waals surface area contributed by atoms with Crippen LogP contribution in [-0.4, -0.2) is 22.5 Å². The fourth-order valence-electron chi connectivity index (χ4n) is 2.27. The van der Waals surface area contributed by atoms with E-state index in [2.05, 4.69) is 15.3 Å². The lowest BCUT2D eigenvalue weighted by Gasteiger charge is -2.17. The Morgan fingerprint density at radius 3 is 2.95 bits per heavy atom. The lowest BCUT2D eigenvalue weighted by molar-refractivity contribution is -0.118. The molecule has 0 unspecified atom stereocenters. The molecule has 1 aromatic carbocycles. The van der Waals surface area contributed by atoms with Gasteiger partial charge < -0.3 is 14.5 Å². The van der Waals surface area contributed by atoms with Gasteiger partial charge in [-0.3, -0.25) is 9.78 Å². The summed E-state index contributed by atoms with van der Waals surface area (Å²) in [5, 5.41) is 2.77. The summed E-state index contributed by atoms with van der Waals surface area (Å²) >= 11 is 0. The number of carbonyl (C=O) groups is 1. The first kappa shape index (κ1) is 12.6. The fourth-order valence-corrected chi connectivity index (χ4v) is 2.27. The smallest absolute Gasteiger partial charge is 0.262 e. The number of anilines is 1. The van der Waals surface area contributed by atoms with E-state index >= 15 is 0 Å². The number of pyridine rings is 1. The summed E-state index contributed by atoms with van der Waals surface area (Å²) in [4.78, 5) is 19.7. The van der Waals surface area contributed by atoms with Crippen LogP contribution < -0.4 is 10.1 Å². The SMILES string of the molecule is O=C1COc2ccc(-c3cnc(-c4cccnc4)o3)cc2N1. The van der Waals surface area contributed by atoms with Gasteiger partial charge in [-0.1, -0.05) is 0 Å². The van der Waals surface area contributed by atoms with Crippen molar-refractivity contribution in [2.45, 2.75) is 0 Å². The zero-order valence-electron chi connectivity index (χ0n) is 11.4.